The summed E-state index contributed by atoms with van der Waals surface area (Å²) in [6.07, 6.45) is 2.72. The van der Waals surface area contributed by atoms with Crippen molar-refractivity contribution >= 4 is 28.3 Å². The van der Waals surface area contributed by atoms with E-state index >= 15 is 8.78 Å². The first-order valence-corrected chi connectivity index (χ1v) is 15.5. The summed E-state index contributed by atoms with van der Waals surface area (Å²) in [4.78, 5) is 34.6. The molecule has 1 atom stereocenters. The minimum Gasteiger partial charge on any atom is -0.490 e. The predicted molar refractivity (Wildman–Crippen MR) is 179 cm³/mol. The lowest BCUT2D eigenvalue weighted by Gasteiger charge is -2.44. The molecule has 5 rings (SSSR count). The largest absolute Gasteiger partial charge is 0.490 e. The molecule has 0 saturated heterocycles. The zero-order valence-electron chi connectivity index (χ0n) is 27.0. The first-order valence-electron chi connectivity index (χ1n) is 15.5. The lowest BCUT2D eigenvalue weighted by molar-refractivity contribution is -0.222. The van der Waals surface area contributed by atoms with E-state index in [1.54, 1.807) is 57.3 Å². The molecule has 12 heteroatoms. The minimum absolute atomic E-state index is 0.0114. The molecule has 0 saturated carbocycles. The van der Waals surface area contributed by atoms with E-state index < -0.39 is 28.9 Å². The van der Waals surface area contributed by atoms with E-state index in [-0.39, 0.29) is 36.4 Å². The number of hydrogen-bond donors (Lipinski definition) is 2. The van der Waals surface area contributed by atoms with Gasteiger partial charge in [0.2, 0.25) is 5.54 Å². The van der Waals surface area contributed by atoms with E-state index in [9.17, 15) is 14.1 Å². The van der Waals surface area contributed by atoms with Crippen LogP contribution in [-0.2, 0) is 26.6 Å². The maximum Gasteiger partial charge on any atom is 0.421 e. The Bertz CT molecular complexity index is 1940. The van der Waals surface area contributed by atoms with E-state index in [2.05, 4.69) is 15.2 Å². The number of hydrogen-bond acceptors (Lipinski definition) is 8. The number of pyridine rings is 1. The number of hydrazine groups is 1. The van der Waals surface area contributed by atoms with Gasteiger partial charge in [-0.2, -0.15) is 8.78 Å². The van der Waals surface area contributed by atoms with Crippen LogP contribution in [0.15, 0.2) is 109 Å². The third-order valence-corrected chi connectivity index (χ3v) is 7.94. The first kappa shape index (κ1) is 34.7. The highest BCUT2D eigenvalue weighted by Crippen LogP contribution is 2.47. The normalized spacial score (nSPS) is 12.7. The van der Waals surface area contributed by atoms with Crippen LogP contribution in [0.2, 0.25) is 0 Å². The summed E-state index contributed by atoms with van der Waals surface area (Å²) in [6.45, 7) is 5.02. The summed E-state index contributed by atoms with van der Waals surface area (Å²) in [5, 5.41) is 4.21. The van der Waals surface area contributed by atoms with Gasteiger partial charge >= 0.3 is 11.9 Å². The Morgan fingerprint density at radius 1 is 0.918 bits per heavy atom. The van der Waals surface area contributed by atoms with Crippen LogP contribution < -0.4 is 25.6 Å². The number of carbonyl (C=O) groups is 2. The zero-order chi connectivity index (χ0) is 35.2. The highest BCUT2D eigenvalue weighted by molar-refractivity contribution is 6.00. The lowest BCUT2D eigenvalue weighted by Crippen LogP contribution is -2.70. The quantitative estimate of drug-likeness (QED) is 0.101. The van der Waals surface area contributed by atoms with Crippen LogP contribution in [-0.4, -0.2) is 35.5 Å². The molecule has 1 heterocycles. The zero-order valence-corrected chi connectivity index (χ0v) is 27.0. The summed E-state index contributed by atoms with van der Waals surface area (Å²) in [6, 6.07) is 26.0. The molecule has 1 amide bonds. The van der Waals surface area contributed by atoms with Gasteiger partial charge in [-0.3, -0.25) is 14.8 Å². The van der Waals surface area contributed by atoms with Gasteiger partial charge in [0.15, 0.2) is 11.5 Å². The van der Waals surface area contributed by atoms with E-state index in [0.717, 1.165) is 23.3 Å². The second-order valence-corrected chi connectivity index (χ2v) is 11.4. The number of benzene rings is 4. The fourth-order valence-corrected chi connectivity index (χ4v) is 5.70. The maximum atomic E-state index is 16.8. The van der Waals surface area contributed by atoms with Gasteiger partial charge in [0.25, 0.3) is 5.91 Å². The molecule has 0 aliphatic carbocycles. The fraction of sp³-hybridized carbons (Fsp3) is 0.216. The van der Waals surface area contributed by atoms with Gasteiger partial charge in [-0.1, -0.05) is 66.7 Å². The molecule has 4 aromatic carbocycles. The van der Waals surface area contributed by atoms with Crippen molar-refractivity contribution in [2.45, 2.75) is 44.9 Å². The van der Waals surface area contributed by atoms with E-state index in [1.807, 2.05) is 36.4 Å². The standard InChI is InChI=1S/C37H35F3N4O5/c1-4-47-33-21-29(15-17-32(33)48-24(2)3)36(37(38,39)35(46)49-40,44(41)30-16-14-27-22-42-19-18-26(27)20-30)34(45)43-23-28-12-8-9-13-31(28)25-10-6-5-7-11-25/h5-22,24H,4,23,41H2,1-3H3,(H,43,45). The Kier molecular flexibility index (Phi) is 10.4. The third-order valence-electron chi connectivity index (χ3n) is 7.94. The van der Waals surface area contributed by atoms with Gasteiger partial charge in [-0.05, 0) is 78.7 Å². The summed E-state index contributed by atoms with van der Waals surface area (Å²) in [5.74, 6) is -2.24. The van der Waals surface area contributed by atoms with Crippen LogP contribution in [0.5, 0.6) is 11.5 Å². The third kappa shape index (κ3) is 6.72. The van der Waals surface area contributed by atoms with Crippen LogP contribution in [0.1, 0.15) is 31.9 Å². The number of aromatic nitrogens is 1. The first-order chi connectivity index (χ1) is 23.5. The molecular weight excluding hydrogens is 637 g/mol. The molecule has 5 aromatic rings. The number of nitrogens with one attached hydrogen (secondary N) is 1. The fourth-order valence-electron chi connectivity index (χ4n) is 5.70. The van der Waals surface area contributed by atoms with Crippen LogP contribution in [0.25, 0.3) is 21.9 Å². The Morgan fingerprint density at radius 2 is 1.65 bits per heavy atom. The molecule has 1 unspecified atom stereocenters. The molecule has 1 aromatic heterocycles. The van der Waals surface area contributed by atoms with Gasteiger partial charge in [0, 0.05) is 28.9 Å². The van der Waals surface area contributed by atoms with Crippen molar-refractivity contribution in [3.63, 3.8) is 0 Å². The summed E-state index contributed by atoms with van der Waals surface area (Å²) in [5.41, 5.74) is -1.94. The molecule has 3 N–H and O–H groups in total. The van der Waals surface area contributed by atoms with Gasteiger partial charge in [0.05, 0.1) is 18.4 Å². The average Bonchev–Trinajstić information content (AvgIpc) is 3.11. The molecule has 49 heavy (non-hydrogen) atoms. The van der Waals surface area contributed by atoms with Crippen LogP contribution >= 0.6 is 0 Å². The van der Waals surface area contributed by atoms with E-state index in [1.165, 1.54) is 24.4 Å². The highest BCUT2D eigenvalue weighted by Gasteiger charge is 2.70. The number of halogens is 3. The van der Waals surface area contributed by atoms with Crippen molar-refractivity contribution < 1.29 is 37.3 Å². The molecular formula is C37H35F3N4O5. The highest BCUT2D eigenvalue weighted by atomic mass is 19.3. The van der Waals surface area contributed by atoms with Gasteiger partial charge < -0.3 is 14.8 Å². The number of amides is 1. The second-order valence-electron chi connectivity index (χ2n) is 11.4. The van der Waals surface area contributed by atoms with Crippen molar-refractivity contribution in [1.82, 2.24) is 10.3 Å². The molecule has 0 aliphatic heterocycles. The maximum absolute atomic E-state index is 16.8. The number of carbonyl (C=O) groups excluding carboxylic acids is 2. The Balaban J connectivity index is 1.73. The van der Waals surface area contributed by atoms with Crippen molar-refractivity contribution in [1.29, 1.82) is 0 Å². The van der Waals surface area contributed by atoms with Crippen molar-refractivity contribution in [2.24, 2.45) is 5.84 Å². The summed E-state index contributed by atoms with van der Waals surface area (Å²) < 4.78 is 58.8. The number of alkyl halides is 2. The predicted octanol–water partition coefficient (Wildman–Crippen LogP) is 7.04. The molecule has 9 nitrogen and oxygen atoms in total. The Hall–Kier alpha value is -5.62. The number of anilines is 1. The molecule has 0 bridgehead atoms. The molecule has 0 radical (unpaired) electrons. The molecule has 254 valence electrons. The van der Waals surface area contributed by atoms with E-state index in [0.29, 0.717) is 21.3 Å². The van der Waals surface area contributed by atoms with E-state index in [4.69, 9.17) is 15.3 Å². The van der Waals surface area contributed by atoms with Crippen LogP contribution in [0, 0.1) is 0 Å². The minimum atomic E-state index is -4.93. The lowest BCUT2D eigenvalue weighted by atomic mass is 9.80. The summed E-state index contributed by atoms with van der Waals surface area (Å²) in [7, 11) is 0. The van der Waals surface area contributed by atoms with Crippen LogP contribution in [0.3, 0.4) is 0 Å². The Morgan fingerprint density at radius 3 is 2.37 bits per heavy atom. The van der Waals surface area contributed by atoms with Crippen LogP contribution in [0.4, 0.5) is 19.0 Å². The van der Waals surface area contributed by atoms with Gasteiger partial charge in [-0.25, -0.2) is 15.6 Å². The van der Waals surface area contributed by atoms with Crippen molar-refractivity contribution in [2.75, 3.05) is 11.6 Å². The molecule has 0 fully saturated rings. The Labute approximate surface area is 281 Å². The number of nitrogens with zero attached hydrogens (tertiary/aromatic N) is 2. The van der Waals surface area contributed by atoms with Gasteiger partial charge in [0.1, 0.15) is 0 Å². The monoisotopic (exact) mass is 672 g/mol. The topological polar surface area (TPSA) is 116 Å². The number of nitrogens with two attached hydrogens (primary N) is 1. The average molecular weight is 673 g/mol. The van der Waals surface area contributed by atoms with Crippen molar-refractivity contribution in [3.05, 3.63) is 121 Å². The SMILES string of the molecule is CCOc1cc(C(C(=O)NCc2ccccc2-c2ccccc2)(N(N)c2ccc3cnccc3c2)C(F)(F)C(=O)OF)ccc1OC(C)C. The number of fused-ring (bicyclic) bond motifs is 1. The van der Waals surface area contributed by atoms with Crippen molar-refractivity contribution in [3.8, 4) is 22.6 Å². The summed E-state index contributed by atoms with van der Waals surface area (Å²) >= 11 is 0. The number of ether oxygens (including phenoxy) is 2. The smallest absolute Gasteiger partial charge is 0.421 e. The second kappa shape index (κ2) is 14.7. The molecule has 0 aliphatic rings. The molecule has 0 spiro atoms. The van der Waals surface area contributed by atoms with Gasteiger partial charge in [-0.15, -0.1) is 0 Å². The number of rotatable bonds is 13.